The van der Waals surface area contributed by atoms with Gasteiger partial charge in [-0.1, -0.05) is 30.7 Å². The first-order valence-electron chi connectivity index (χ1n) is 6.78. The number of benzene rings is 1. The molecule has 0 radical (unpaired) electrons. The predicted octanol–water partition coefficient (Wildman–Crippen LogP) is 3.17. The number of hydrogen-bond acceptors (Lipinski definition) is 2. The Morgan fingerprint density at radius 3 is 2.74 bits per heavy atom. The van der Waals surface area contributed by atoms with Crippen molar-refractivity contribution in [2.45, 2.75) is 46.3 Å². The Labute approximate surface area is 114 Å². The molecular formula is C16H22N2O. The van der Waals surface area contributed by atoms with Gasteiger partial charge in [-0.25, -0.2) is 0 Å². The molecule has 0 saturated carbocycles. The van der Waals surface area contributed by atoms with E-state index in [4.69, 9.17) is 0 Å². The van der Waals surface area contributed by atoms with Gasteiger partial charge in [0.05, 0.1) is 6.20 Å². The van der Waals surface area contributed by atoms with E-state index in [1.807, 2.05) is 37.7 Å². The van der Waals surface area contributed by atoms with Gasteiger partial charge in [0.2, 0.25) is 0 Å². The number of aliphatic hydroxyl groups is 1. The lowest BCUT2D eigenvalue weighted by atomic mass is 9.86. The summed E-state index contributed by atoms with van der Waals surface area (Å²) in [4.78, 5) is 0. The van der Waals surface area contributed by atoms with Gasteiger partial charge in [-0.2, -0.15) is 5.10 Å². The molecule has 1 heterocycles. The van der Waals surface area contributed by atoms with Crippen LogP contribution in [0.1, 0.15) is 42.5 Å². The standard InChI is InChI=1S/C16H22N2O/c1-5-8-18-11-14(10-17-18)16(4,19)15-9-12(2)6-7-13(15)3/h6-7,9-11,19H,5,8H2,1-4H3. The highest BCUT2D eigenvalue weighted by Gasteiger charge is 2.28. The van der Waals surface area contributed by atoms with Crippen LogP contribution in [0.5, 0.6) is 0 Å². The molecule has 0 spiro atoms. The van der Waals surface area contributed by atoms with Crippen molar-refractivity contribution >= 4 is 0 Å². The first-order chi connectivity index (χ1) is 8.95. The average molecular weight is 258 g/mol. The Bertz CT molecular complexity index is 570. The average Bonchev–Trinajstić information content (AvgIpc) is 2.82. The van der Waals surface area contributed by atoms with Gasteiger partial charge in [0.1, 0.15) is 5.60 Å². The van der Waals surface area contributed by atoms with Gasteiger partial charge in [-0.15, -0.1) is 0 Å². The van der Waals surface area contributed by atoms with Gasteiger partial charge in [0, 0.05) is 18.3 Å². The van der Waals surface area contributed by atoms with E-state index in [-0.39, 0.29) is 0 Å². The van der Waals surface area contributed by atoms with Gasteiger partial charge >= 0.3 is 0 Å². The zero-order valence-corrected chi connectivity index (χ0v) is 12.1. The molecule has 102 valence electrons. The normalized spacial score (nSPS) is 14.4. The van der Waals surface area contributed by atoms with Crippen molar-refractivity contribution in [3.8, 4) is 0 Å². The van der Waals surface area contributed by atoms with Crippen molar-refractivity contribution < 1.29 is 5.11 Å². The molecule has 3 nitrogen and oxygen atoms in total. The summed E-state index contributed by atoms with van der Waals surface area (Å²) in [7, 11) is 0. The topological polar surface area (TPSA) is 38.0 Å². The van der Waals surface area contributed by atoms with Crippen LogP contribution in [0.2, 0.25) is 0 Å². The lowest BCUT2D eigenvalue weighted by Gasteiger charge is -2.25. The fourth-order valence-corrected chi connectivity index (χ4v) is 2.38. The van der Waals surface area contributed by atoms with E-state index in [1.54, 1.807) is 6.20 Å². The van der Waals surface area contributed by atoms with Crippen LogP contribution < -0.4 is 0 Å². The maximum atomic E-state index is 10.9. The molecule has 0 bridgehead atoms. The smallest absolute Gasteiger partial charge is 0.115 e. The molecule has 1 unspecified atom stereocenters. The monoisotopic (exact) mass is 258 g/mol. The van der Waals surface area contributed by atoms with Crippen molar-refractivity contribution in [1.82, 2.24) is 9.78 Å². The fraction of sp³-hybridized carbons (Fsp3) is 0.438. The van der Waals surface area contributed by atoms with E-state index >= 15 is 0 Å². The van der Waals surface area contributed by atoms with Crippen molar-refractivity contribution in [3.63, 3.8) is 0 Å². The van der Waals surface area contributed by atoms with Gasteiger partial charge in [-0.05, 0) is 38.3 Å². The predicted molar refractivity (Wildman–Crippen MR) is 77.1 cm³/mol. The number of rotatable bonds is 4. The number of nitrogens with zero attached hydrogens (tertiary/aromatic N) is 2. The Balaban J connectivity index is 2.42. The number of aromatic nitrogens is 2. The summed E-state index contributed by atoms with van der Waals surface area (Å²) in [6.07, 6.45) is 4.73. The van der Waals surface area contributed by atoms with Crippen LogP contribution in [-0.2, 0) is 12.1 Å². The van der Waals surface area contributed by atoms with Crippen molar-refractivity contribution in [3.05, 3.63) is 52.8 Å². The van der Waals surface area contributed by atoms with E-state index in [1.165, 1.54) is 0 Å². The summed E-state index contributed by atoms with van der Waals surface area (Å²) >= 11 is 0. The van der Waals surface area contributed by atoms with Crippen LogP contribution in [-0.4, -0.2) is 14.9 Å². The maximum absolute atomic E-state index is 10.9. The van der Waals surface area contributed by atoms with E-state index in [0.29, 0.717) is 0 Å². The second kappa shape index (κ2) is 5.17. The quantitative estimate of drug-likeness (QED) is 0.914. The summed E-state index contributed by atoms with van der Waals surface area (Å²) < 4.78 is 1.88. The molecule has 1 N–H and O–H groups in total. The minimum atomic E-state index is -0.998. The maximum Gasteiger partial charge on any atom is 0.115 e. The van der Waals surface area contributed by atoms with E-state index in [2.05, 4.69) is 24.2 Å². The molecule has 19 heavy (non-hydrogen) atoms. The van der Waals surface area contributed by atoms with Crippen LogP contribution in [0, 0.1) is 13.8 Å². The van der Waals surface area contributed by atoms with Gasteiger partial charge < -0.3 is 5.11 Å². The van der Waals surface area contributed by atoms with Crippen LogP contribution >= 0.6 is 0 Å². The van der Waals surface area contributed by atoms with Crippen LogP contribution in [0.25, 0.3) is 0 Å². The van der Waals surface area contributed by atoms with Crippen molar-refractivity contribution in [1.29, 1.82) is 0 Å². The molecule has 0 saturated heterocycles. The largest absolute Gasteiger partial charge is 0.381 e. The molecule has 0 aliphatic rings. The van der Waals surface area contributed by atoms with Crippen LogP contribution in [0.4, 0.5) is 0 Å². The Morgan fingerprint density at radius 1 is 1.32 bits per heavy atom. The Morgan fingerprint density at radius 2 is 2.05 bits per heavy atom. The second-order valence-corrected chi connectivity index (χ2v) is 5.38. The van der Waals surface area contributed by atoms with Gasteiger partial charge in [0.25, 0.3) is 0 Å². The zero-order chi connectivity index (χ0) is 14.0. The molecule has 1 aromatic carbocycles. The lowest BCUT2D eigenvalue weighted by molar-refractivity contribution is 0.101. The molecule has 1 aromatic heterocycles. The van der Waals surface area contributed by atoms with E-state index in [0.717, 1.165) is 35.2 Å². The molecule has 1 atom stereocenters. The van der Waals surface area contributed by atoms with Gasteiger partial charge in [0.15, 0.2) is 0 Å². The molecule has 3 heteroatoms. The lowest BCUT2D eigenvalue weighted by Crippen LogP contribution is -2.23. The van der Waals surface area contributed by atoms with Gasteiger partial charge in [-0.3, -0.25) is 4.68 Å². The highest BCUT2D eigenvalue weighted by molar-refractivity contribution is 5.40. The third kappa shape index (κ3) is 2.71. The summed E-state index contributed by atoms with van der Waals surface area (Å²) in [5.41, 5.74) is 3.04. The first kappa shape index (κ1) is 13.8. The summed E-state index contributed by atoms with van der Waals surface area (Å²) in [6, 6.07) is 6.16. The number of hydrogen-bond donors (Lipinski definition) is 1. The van der Waals surface area contributed by atoms with Crippen LogP contribution in [0.3, 0.4) is 0 Å². The molecule has 0 amide bonds. The molecule has 2 rings (SSSR count). The fourth-order valence-electron chi connectivity index (χ4n) is 2.38. The minimum Gasteiger partial charge on any atom is -0.381 e. The van der Waals surface area contributed by atoms with Crippen molar-refractivity contribution in [2.24, 2.45) is 0 Å². The Hall–Kier alpha value is -1.61. The third-order valence-electron chi connectivity index (χ3n) is 3.57. The third-order valence-corrected chi connectivity index (χ3v) is 3.57. The summed E-state index contributed by atoms with van der Waals surface area (Å²) in [6.45, 7) is 8.90. The highest BCUT2D eigenvalue weighted by atomic mass is 16.3. The van der Waals surface area contributed by atoms with E-state index < -0.39 is 5.60 Å². The minimum absolute atomic E-state index is 0.842. The second-order valence-electron chi connectivity index (χ2n) is 5.38. The molecule has 0 fully saturated rings. The molecular weight excluding hydrogens is 236 g/mol. The molecule has 2 aromatic rings. The number of aryl methyl sites for hydroxylation is 3. The summed E-state index contributed by atoms with van der Waals surface area (Å²) in [5.74, 6) is 0. The zero-order valence-electron chi connectivity index (χ0n) is 12.1. The SMILES string of the molecule is CCCn1cc(C(C)(O)c2cc(C)ccc2C)cn1. The first-order valence-corrected chi connectivity index (χ1v) is 6.78. The van der Waals surface area contributed by atoms with Crippen LogP contribution in [0.15, 0.2) is 30.6 Å². The van der Waals surface area contributed by atoms with Crippen molar-refractivity contribution in [2.75, 3.05) is 0 Å². The molecule has 0 aliphatic carbocycles. The molecule has 0 aliphatic heterocycles. The van der Waals surface area contributed by atoms with E-state index in [9.17, 15) is 5.11 Å². The highest BCUT2D eigenvalue weighted by Crippen LogP contribution is 2.31. The summed E-state index contributed by atoms with van der Waals surface area (Å²) in [5, 5.41) is 15.2. The Kier molecular flexibility index (Phi) is 3.76.